The Labute approximate surface area is 113 Å². The average molecular weight is 336 g/mol. The van der Waals surface area contributed by atoms with Crippen molar-refractivity contribution in [1.29, 1.82) is 5.26 Å². The second kappa shape index (κ2) is 5.64. The number of benzene rings is 1. The van der Waals surface area contributed by atoms with Crippen molar-refractivity contribution in [2.45, 2.75) is 6.61 Å². The molecule has 2 rings (SSSR count). The van der Waals surface area contributed by atoms with Crippen LogP contribution in [0.2, 0.25) is 0 Å². The number of nitrogens with zero attached hydrogens (tertiary/aromatic N) is 2. The summed E-state index contributed by atoms with van der Waals surface area (Å²) in [5, 5.41) is 8.73. The molecule has 0 aliphatic heterocycles. The van der Waals surface area contributed by atoms with E-state index in [1.165, 1.54) is 0 Å². The van der Waals surface area contributed by atoms with Gasteiger partial charge < -0.3 is 4.74 Å². The number of nitriles is 1. The molecule has 0 aliphatic carbocycles. The second-order valence-electron chi connectivity index (χ2n) is 3.41. The molecule has 1 aromatic carbocycles. The van der Waals surface area contributed by atoms with Gasteiger partial charge in [0.15, 0.2) is 0 Å². The van der Waals surface area contributed by atoms with E-state index in [1.54, 1.807) is 12.3 Å². The van der Waals surface area contributed by atoms with Crippen molar-refractivity contribution in [3.05, 3.63) is 57.4 Å². The van der Waals surface area contributed by atoms with Gasteiger partial charge >= 0.3 is 0 Å². The molecule has 2 aromatic rings. The lowest BCUT2D eigenvalue weighted by Gasteiger charge is -2.06. The Balaban J connectivity index is 2.05. The Bertz CT molecular complexity index is 563. The molecule has 0 bridgehead atoms. The van der Waals surface area contributed by atoms with Crippen LogP contribution in [0, 0.1) is 14.9 Å². The van der Waals surface area contributed by atoms with E-state index >= 15 is 0 Å². The fourth-order valence-corrected chi connectivity index (χ4v) is 1.86. The number of aromatic nitrogens is 1. The van der Waals surface area contributed by atoms with Crippen LogP contribution in [0.1, 0.15) is 11.3 Å². The van der Waals surface area contributed by atoms with Crippen LogP contribution in [-0.4, -0.2) is 4.98 Å². The quantitative estimate of drug-likeness (QED) is 0.809. The molecule has 0 N–H and O–H groups in total. The molecule has 0 amide bonds. The molecular weight excluding hydrogens is 327 g/mol. The summed E-state index contributed by atoms with van der Waals surface area (Å²) in [5.74, 6) is 0.826. The van der Waals surface area contributed by atoms with Crippen LogP contribution in [0.3, 0.4) is 0 Å². The topological polar surface area (TPSA) is 45.9 Å². The van der Waals surface area contributed by atoms with E-state index in [1.807, 2.05) is 36.4 Å². The summed E-state index contributed by atoms with van der Waals surface area (Å²) in [6.07, 6.45) is 1.62. The number of pyridine rings is 1. The van der Waals surface area contributed by atoms with E-state index in [-0.39, 0.29) is 0 Å². The molecule has 3 nitrogen and oxygen atoms in total. The molecule has 17 heavy (non-hydrogen) atoms. The molecule has 4 heteroatoms. The summed E-state index contributed by atoms with van der Waals surface area (Å²) < 4.78 is 6.76. The molecule has 0 atom stereocenters. The van der Waals surface area contributed by atoms with Gasteiger partial charge in [0, 0.05) is 9.77 Å². The predicted molar refractivity (Wildman–Crippen MR) is 72.4 cm³/mol. The Kier molecular flexibility index (Phi) is 3.94. The minimum atomic E-state index is 0.411. The summed E-state index contributed by atoms with van der Waals surface area (Å²) >= 11 is 2.24. The highest BCUT2D eigenvalue weighted by Gasteiger charge is 1.98. The van der Waals surface area contributed by atoms with Crippen molar-refractivity contribution in [3.63, 3.8) is 0 Å². The lowest BCUT2D eigenvalue weighted by atomic mass is 10.2. The van der Waals surface area contributed by atoms with Gasteiger partial charge in [-0.1, -0.05) is 6.07 Å². The van der Waals surface area contributed by atoms with Gasteiger partial charge in [-0.15, -0.1) is 0 Å². The van der Waals surface area contributed by atoms with Gasteiger partial charge in [-0.3, -0.25) is 0 Å². The summed E-state index contributed by atoms with van der Waals surface area (Å²) in [5.41, 5.74) is 1.35. The highest BCUT2D eigenvalue weighted by molar-refractivity contribution is 14.1. The van der Waals surface area contributed by atoms with Crippen LogP contribution >= 0.6 is 22.6 Å². The third kappa shape index (κ3) is 3.43. The smallest absolute Gasteiger partial charge is 0.140 e. The fourth-order valence-electron chi connectivity index (χ4n) is 1.35. The molecule has 0 saturated carbocycles. The SMILES string of the molecule is N#Cc1cc(COc2cccc(I)c2)ccn1. The molecule has 0 radical (unpaired) electrons. The Morgan fingerprint density at radius 2 is 2.18 bits per heavy atom. The lowest BCUT2D eigenvalue weighted by Crippen LogP contribution is -1.96. The van der Waals surface area contributed by atoms with Crippen LogP contribution in [0.4, 0.5) is 0 Å². The predicted octanol–water partition coefficient (Wildman–Crippen LogP) is 3.14. The maximum absolute atomic E-state index is 8.73. The number of hydrogen-bond donors (Lipinski definition) is 0. The molecule has 1 heterocycles. The second-order valence-corrected chi connectivity index (χ2v) is 4.65. The normalized spacial score (nSPS) is 9.65. The van der Waals surface area contributed by atoms with Crippen molar-refractivity contribution >= 4 is 22.6 Å². The highest BCUT2D eigenvalue weighted by Crippen LogP contribution is 2.16. The third-order valence-electron chi connectivity index (χ3n) is 2.14. The molecule has 84 valence electrons. The van der Waals surface area contributed by atoms with Crippen molar-refractivity contribution in [2.24, 2.45) is 0 Å². The van der Waals surface area contributed by atoms with E-state index < -0.39 is 0 Å². The van der Waals surface area contributed by atoms with Gasteiger partial charge in [-0.2, -0.15) is 5.26 Å². The number of ether oxygens (including phenoxy) is 1. The maximum atomic E-state index is 8.73. The van der Waals surface area contributed by atoms with Gasteiger partial charge in [-0.25, -0.2) is 4.98 Å². The summed E-state index contributed by atoms with van der Waals surface area (Å²) in [4.78, 5) is 3.91. The van der Waals surface area contributed by atoms with Crippen LogP contribution < -0.4 is 4.74 Å². The zero-order valence-electron chi connectivity index (χ0n) is 8.93. The molecule has 0 aliphatic rings. The van der Waals surface area contributed by atoms with Gasteiger partial charge in [0.2, 0.25) is 0 Å². The van der Waals surface area contributed by atoms with Crippen LogP contribution in [0.25, 0.3) is 0 Å². The van der Waals surface area contributed by atoms with Gasteiger partial charge in [0.1, 0.15) is 24.1 Å². The molecule has 0 spiro atoms. The number of halogens is 1. The average Bonchev–Trinajstić information content (AvgIpc) is 2.37. The van der Waals surface area contributed by atoms with Crippen molar-refractivity contribution in [1.82, 2.24) is 4.98 Å². The Morgan fingerprint density at radius 3 is 2.94 bits per heavy atom. The van der Waals surface area contributed by atoms with Gasteiger partial charge in [0.25, 0.3) is 0 Å². The third-order valence-corrected chi connectivity index (χ3v) is 2.81. The van der Waals surface area contributed by atoms with Crippen molar-refractivity contribution in [2.75, 3.05) is 0 Å². The number of hydrogen-bond acceptors (Lipinski definition) is 3. The summed E-state index contributed by atoms with van der Waals surface area (Å²) in [6, 6.07) is 13.4. The molecule has 0 saturated heterocycles. The Morgan fingerprint density at radius 1 is 1.29 bits per heavy atom. The number of rotatable bonds is 3. The first-order chi connectivity index (χ1) is 8.28. The first-order valence-electron chi connectivity index (χ1n) is 5.01. The van der Waals surface area contributed by atoms with Crippen LogP contribution in [0.15, 0.2) is 42.6 Å². The molecule has 0 fully saturated rings. The summed E-state index contributed by atoms with van der Waals surface area (Å²) in [6.45, 7) is 0.442. The van der Waals surface area contributed by atoms with E-state index in [0.29, 0.717) is 12.3 Å². The zero-order valence-corrected chi connectivity index (χ0v) is 11.1. The van der Waals surface area contributed by atoms with E-state index in [4.69, 9.17) is 10.00 Å². The summed E-state index contributed by atoms with van der Waals surface area (Å²) in [7, 11) is 0. The van der Waals surface area contributed by atoms with E-state index in [2.05, 4.69) is 27.6 Å². The zero-order chi connectivity index (χ0) is 12.1. The van der Waals surface area contributed by atoms with Crippen LogP contribution in [0.5, 0.6) is 5.75 Å². The van der Waals surface area contributed by atoms with Gasteiger partial charge in [-0.05, 0) is 58.5 Å². The minimum Gasteiger partial charge on any atom is -0.489 e. The molecule has 1 aromatic heterocycles. The Hall–Kier alpha value is -1.61. The lowest BCUT2D eigenvalue weighted by molar-refractivity contribution is 0.306. The first-order valence-corrected chi connectivity index (χ1v) is 6.09. The van der Waals surface area contributed by atoms with Crippen LogP contribution in [-0.2, 0) is 6.61 Å². The standard InChI is InChI=1S/C13H9IN2O/c14-11-2-1-3-13(7-11)17-9-10-4-5-16-12(6-10)8-15/h1-7H,9H2. The minimum absolute atomic E-state index is 0.411. The maximum Gasteiger partial charge on any atom is 0.140 e. The monoisotopic (exact) mass is 336 g/mol. The van der Waals surface area contributed by atoms with Crippen molar-refractivity contribution < 1.29 is 4.74 Å². The van der Waals surface area contributed by atoms with Crippen molar-refractivity contribution in [3.8, 4) is 11.8 Å². The fraction of sp³-hybridized carbons (Fsp3) is 0.0769. The largest absolute Gasteiger partial charge is 0.489 e. The van der Waals surface area contributed by atoms with Gasteiger partial charge in [0.05, 0.1) is 0 Å². The highest BCUT2D eigenvalue weighted by atomic mass is 127. The molecule has 0 unspecified atom stereocenters. The first kappa shape index (κ1) is 11.9. The molecular formula is C13H9IN2O. The van der Waals surface area contributed by atoms with E-state index in [9.17, 15) is 0 Å². The van der Waals surface area contributed by atoms with E-state index in [0.717, 1.165) is 14.9 Å².